The van der Waals surface area contributed by atoms with Gasteiger partial charge in [0.05, 0.1) is 28.1 Å². The zero-order valence-corrected chi connectivity index (χ0v) is 20.4. The first kappa shape index (κ1) is 23.8. The number of halogens is 1. The smallest absolute Gasteiger partial charge is 0.228 e. The van der Waals surface area contributed by atoms with Gasteiger partial charge in [0.25, 0.3) is 0 Å². The Hall–Kier alpha value is -3.32. The van der Waals surface area contributed by atoms with Crippen LogP contribution in [0.3, 0.4) is 0 Å². The third-order valence-corrected chi connectivity index (χ3v) is 7.20. The van der Waals surface area contributed by atoms with Crippen molar-refractivity contribution in [3.8, 4) is 11.3 Å². The molecule has 0 spiro atoms. The zero-order valence-electron chi connectivity index (χ0n) is 19.6. The van der Waals surface area contributed by atoms with Crippen molar-refractivity contribution in [2.24, 2.45) is 13.0 Å². The molecule has 2 N–H and O–H groups in total. The molecule has 1 saturated carbocycles. The molecule has 1 amide bonds. The second kappa shape index (κ2) is 9.14. The summed E-state index contributed by atoms with van der Waals surface area (Å²) in [6.07, 6.45) is 3.34. The van der Waals surface area contributed by atoms with E-state index in [0.29, 0.717) is 28.2 Å². The summed E-state index contributed by atoms with van der Waals surface area (Å²) in [6, 6.07) is 7.99. The maximum absolute atomic E-state index is 15.6. The number of rotatable bonds is 8. The van der Waals surface area contributed by atoms with Crippen molar-refractivity contribution in [1.82, 2.24) is 14.8 Å². The molecule has 0 bridgehead atoms. The summed E-state index contributed by atoms with van der Waals surface area (Å²) < 4.78 is 29.6. The Morgan fingerprint density at radius 2 is 1.94 bits per heavy atom. The van der Waals surface area contributed by atoms with E-state index >= 15 is 4.39 Å². The van der Waals surface area contributed by atoms with E-state index in [1.165, 1.54) is 10.9 Å². The number of hydrogen-bond acceptors (Lipinski definition) is 6. The lowest BCUT2D eigenvalue weighted by molar-refractivity contribution is -0.117. The predicted octanol–water partition coefficient (Wildman–Crippen LogP) is 4.55. The molecule has 8 nitrogen and oxygen atoms in total. The number of amides is 1. The molecule has 0 atom stereocenters. The Morgan fingerprint density at radius 3 is 2.56 bits per heavy atom. The van der Waals surface area contributed by atoms with E-state index in [2.05, 4.69) is 20.7 Å². The number of hydrogen-bond donors (Lipinski definition) is 2. The molecule has 178 valence electrons. The molecule has 1 aliphatic carbocycles. The number of anilines is 3. The average Bonchev–Trinajstić information content (AvgIpc) is 3.56. The van der Waals surface area contributed by atoms with Crippen molar-refractivity contribution in [3.63, 3.8) is 0 Å². The highest BCUT2D eigenvalue weighted by Crippen LogP contribution is 2.37. The van der Waals surface area contributed by atoms with Crippen LogP contribution in [0.15, 0.2) is 36.5 Å². The topological polar surface area (TPSA) is 106 Å². The number of benzene rings is 1. The summed E-state index contributed by atoms with van der Waals surface area (Å²) in [5, 5.41) is 10.1. The first-order valence-corrected chi connectivity index (χ1v) is 13.7. The van der Waals surface area contributed by atoms with Gasteiger partial charge in [-0.25, -0.2) is 9.37 Å². The summed E-state index contributed by atoms with van der Waals surface area (Å²) in [6.45, 7) is 5.00. The summed E-state index contributed by atoms with van der Waals surface area (Å²) in [4.78, 5) is 28.8. The van der Waals surface area contributed by atoms with Gasteiger partial charge in [-0.3, -0.25) is 14.3 Å². The molecule has 2 heterocycles. The van der Waals surface area contributed by atoms with E-state index in [1.54, 1.807) is 57.6 Å². The highest BCUT2D eigenvalue weighted by molar-refractivity contribution is 7.69. The summed E-state index contributed by atoms with van der Waals surface area (Å²) >= 11 is 0. The van der Waals surface area contributed by atoms with Gasteiger partial charge in [0.15, 0.2) is 11.6 Å². The standard InChI is InChI=1S/C24H27FN5O3P/c1-5-20(31)16-13-26-21(28-24(32)14-9-10-14)11-18(16)27-17-8-6-7-15(23(17)25)19-12-22(30(2)29-19)34(3,4)33/h6-8,11-14H,5,9-10H2,1-4H3,(H2,26,27,28,32). The predicted molar refractivity (Wildman–Crippen MR) is 131 cm³/mol. The summed E-state index contributed by atoms with van der Waals surface area (Å²) in [5.41, 5.74) is 1.92. The Bertz CT molecular complexity index is 1330. The number of aryl methyl sites for hydroxylation is 1. The van der Waals surface area contributed by atoms with Gasteiger partial charge in [-0.15, -0.1) is 0 Å². The lowest BCUT2D eigenvalue weighted by atomic mass is 10.1. The van der Waals surface area contributed by atoms with E-state index in [0.717, 1.165) is 12.8 Å². The number of carbonyl (C=O) groups excluding carboxylic acids is 2. The third kappa shape index (κ3) is 4.94. The number of nitrogens with one attached hydrogen (secondary N) is 2. The third-order valence-electron chi connectivity index (χ3n) is 5.68. The van der Waals surface area contributed by atoms with Crippen molar-refractivity contribution >= 4 is 41.5 Å². The largest absolute Gasteiger partial charge is 0.352 e. The minimum atomic E-state index is -2.59. The molecule has 0 aliphatic heterocycles. The van der Waals surface area contributed by atoms with Crippen LogP contribution >= 0.6 is 7.14 Å². The molecule has 0 saturated heterocycles. The molecule has 2 aromatic heterocycles. The SMILES string of the molecule is CCC(=O)c1cnc(NC(=O)C2CC2)cc1Nc1cccc(-c2cc(P(C)(C)=O)n(C)n2)c1F. The number of Topliss-reactive ketones (excluding diaryl/α,β-unsaturated/α-hetero) is 1. The fourth-order valence-corrected chi connectivity index (χ4v) is 4.85. The van der Waals surface area contributed by atoms with Gasteiger partial charge >= 0.3 is 0 Å². The van der Waals surface area contributed by atoms with Crippen LogP contribution in [0.4, 0.5) is 21.6 Å². The Balaban J connectivity index is 1.70. The lowest BCUT2D eigenvalue weighted by Gasteiger charge is -2.14. The first-order chi connectivity index (χ1) is 16.1. The fraction of sp³-hybridized carbons (Fsp3) is 0.333. The minimum absolute atomic E-state index is 0.00547. The highest BCUT2D eigenvalue weighted by atomic mass is 31.2. The van der Waals surface area contributed by atoms with Crippen molar-refractivity contribution in [1.29, 1.82) is 0 Å². The minimum Gasteiger partial charge on any atom is -0.352 e. The highest BCUT2D eigenvalue weighted by Gasteiger charge is 2.30. The van der Waals surface area contributed by atoms with Crippen LogP contribution < -0.4 is 16.1 Å². The van der Waals surface area contributed by atoms with Gasteiger partial charge in [-0.05, 0) is 44.4 Å². The van der Waals surface area contributed by atoms with E-state index in [-0.39, 0.29) is 35.3 Å². The van der Waals surface area contributed by atoms with Gasteiger partial charge in [0, 0.05) is 37.2 Å². The molecule has 3 aromatic rings. The second-order valence-electron chi connectivity index (χ2n) is 8.81. The molecule has 0 unspecified atom stereocenters. The van der Waals surface area contributed by atoms with Gasteiger partial charge in [-0.2, -0.15) is 5.10 Å². The summed E-state index contributed by atoms with van der Waals surface area (Å²) in [7, 11) is -0.919. The van der Waals surface area contributed by atoms with Crippen molar-refractivity contribution in [3.05, 3.63) is 47.9 Å². The maximum Gasteiger partial charge on any atom is 0.228 e. The number of nitrogens with zero attached hydrogens (tertiary/aromatic N) is 3. The number of ketones is 1. The van der Waals surface area contributed by atoms with Gasteiger partial charge in [0.1, 0.15) is 13.0 Å². The van der Waals surface area contributed by atoms with Crippen LogP contribution in [-0.4, -0.2) is 39.8 Å². The average molecular weight is 483 g/mol. The molecule has 4 rings (SSSR count). The van der Waals surface area contributed by atoms with Crippen LogP contribution in [0.5, 0.6) is 0 Å². The van der Waals surface area contributed by atoms with Gasteiger partial charge in [-0.1, -0.05) is 13.0 Å². The van der Waals surface area contributed by atoms with E-state index in [1.807, 2.05) is 0 Å². The van der Waals surface area contributed by atoms with Crippen LogP contribution in [-0.2, 0) is 16.4 Å². The van der Waals surface area contributed by atoms with Crippen LogP contribution in [0.25, 0.3) is 11.3 Å². The van der Waals surface area contributed by atoms with Gasteiger partial charge in [0.2, 0.25) is 5.91 Å². The summed E-state index contributed by atoms with van der Waals surface area (Å²) in [5.74, 6) is -0.558. The van der Waals surface area contributed by atoms with E-state index in [9.17, 15) is 14.2 Å². The van der Waals surface area contributed by atoms with Crippen molar-refractivity contribution in [2.45, 2.75) is 26.2 Å². The van der Waals surface area contributed by atoms with E-state index < -0.39 is 13.0 Å². The Labute approximate surface area is 197 Å². The number of carbonyl (C=O) groups is 2. The maximum atomic E-state index is 15.6. The number of aromatic nitrogens is 3. The molecule has 1 aromatic carbocycles. The molecule has 1 fully saturated rings. The molecule has 1 aliphatic rings. The molecule has 34 heavy (non-hydrogen) atoms. The Kier molecular flexibility index (Phi) is 6.41. The van der Waals surface area contributed by atoms with Gasteiger partial charge < -0.3 is 15.2 Å². The van der Waals surface area contributed by atoms with Crippen LogP contribution in [0, 0.1) is 11.7 Å². The van der Waals surface area contributed by atoms with E-state index in [4.69, 9.17) is 0 Å². The van der Waals surface area contributed by atoms with Crippen LogP contribution in [0.2, 0.25) is 0 Å². The molecule has 0 radical (unpaired) electrons. The first-order valence-electron chi connectivity index (χ1n) is 11.1. The quantitative estimate of drug-likeness (QED) is 0.360. The molecular formula is C24H27FN5O3P. The second-order valence-corrected chi connectivity index (χ2v) is 12.0. The van der Waals surface area contributed by atoms with Crippen molar-refractivity contribution in [2.75, 3.05) is 24.0 Å². The lowest BCUT2D eigenvalue weighted by Crippen LogP contribution is -2.15. The normalized spacial score (nSPS) is 13.6. The van der Waals surface area contributed by atoms with Crippen LogP contribution in [0.1, 0.15) is 36.5 Å². The monoisotopic (exact) mass is 483 g/mol. The number of pyridine rings is 1. The Morgan fingerprint density at radius 1 is 1.21 bits per heavy atom. The molecular weight excluding hydrogens is 456 g/mol. The zero-order chi connectivity index (χ0) is 24.6. The van der Waals surface area contributed by atoms with Crippen molar-refractivity contribution < 1.29 is 18.5 Å². The fourth-order valence-electron chi connectivity index (χ4n) is 3.68. The molecule has 10 heteroatoms.